The van der Waals surface area contributed by atoms with Crippen LogP contribution in [0.25, 0.3) is 0 Å². The highest BCUT2D eigenvalue weighted by atomic mass is 16.5. The van der Waals surface area contributed by atoms with Gasteiger partial charge in [0.2, 0.25) is 5.95 Å². The number of anilines is 3. The molecule has 0 aliphatic carbocycles. The van der Waals surface area contributed by atoms with Gasteiger partial charge in [-0.15, -0.1) is 0 Å². The first-order valence-corrected chi connectivity index (χ1v) is 8.83. The van der Waals surface area contributed by atoms with Crippen LogP contribution in [-0.4, -0.2) is 36.7 Å². The molecular weight excluding hydrogens is 356 g/mol. The number of benzene rings is 2. The predicted molar refractivity (Wildman–Crippen MR) is 108 cm³/mol. The van der Waals surface area contributed by atoms with Crippen LogP contribution in [0.4, 0.5) is 17.5 Å². The fourth-order valence-electron chi connectivity index (χ4n) is 2.62. The van der Waals surface area contributed by atoms with Gasteiger partial charge in [0, 0.05) is 18.4 Å². The van der Waals surface area contributed by atoms with E-state index in [1.807, 2.05) is 36.4 Å². The van der Waals surface area contributed by atoms with E-state index in [0.29, 0.717) is 17.2 Å². The van der Waals surface area contributed by atoms with Crippen molar-refractivity contribution in [3.63, 3.8) is 0 Å². The highest BCUT2D eigenvalue weighted by Gasteiger charge is 2.07. The molecule has 0 radical (unpaired) electrons. The lowest BCUT2D eigenvalue weighted by Gasteiger charge is -2.09. The summed E-state index contributed by atoms with van der Waals surface area (Å²) in [6.45, 7) is 0.737. The molecule has 0 aliphatic heterocycles. The summed E-state index contributed by atoms with van der Waals surface area (Å²) < 4.78 is 9.91. The largest absolute Gasteiger partial charge is 0.497 e. The third kappa shape index (κ3) is 5.20. The fourth-order valence-corrected chi connectivity index (χ4v) is 2.62. The number of aromatic nitrogens is 2. The summed E-state index contributed by atoms with van der Waals surface area (Å²) in [6.07, 6.45) is 2.53. The maximum Gasteiger partial charge on any atom is 0.337 e. The minimum absolute atomic E-state index is 0.390. The van der Waals surface area contributed by atoms with E-state index >= 15 is 0 Å². The summed E-state index contributed by atoms with van der Waals surface area (Å²) in [6, 6.07) is 16.8. The zero-order chi connectivity index (χ0) is 19.8. The molecule has 0 saturated carbocycles. The molecule has 2 N–H and O–H groups in total. The van der Waals surface area contributed by atoms with Crippen molar-refractivity contribution in [2.75, 3.05) is 31.4 Å². The second-order valence-corrected chi connectivity index (χ2v) is 5.99. The van der Waals surface area contributed by atoms with Gasteiger partial charge in [-0.1, -0.05) is 18.2 Å². The Morgan fingerprint density at radius 1 is 1.07 bits per heavy atom. The summed E-state index contributed by atoms with van der Waals surface area (Å²) >= 11 is 0. The average molecular weight is 378 g/mol. The smallest absolute Gasteiger partial charge is 0.337 e. The van der Waals surface area contributed by atoms with Gasteiger partial charge in [-0.25, -0.2) is 9.78 Å². The molecule has 0 aliphatic rings. The molecule has 3 aromatic rings. The van der Waals surface area contributed by atoms with Crippen molar-refractivity contribution in [2.45, 2.75) is 6.42 Å². The fraction of sp³-hybridized carbons (Fsp3) is 0.190. The van der Waals surface area contributed by atoms with Crippen molar-refractivity contribution in [1.29, 1.82) is 0 Å². The van der Waals surface area contributed by atoms with Crippen LogP contribution >= 0.6 is 0 Å². The summed E-state index contributed by atoms with van der Waals surface area (Å²) in [5.74, 6) is 1.62. The molecule has 7 nitrogen and oxygen atoms in total. The molecule has 144 valence electrons. The van der Waals surface area contributed by atoms with E-state index in [1.54, 1.807) is 31.5 Å². The standard InChI is InChI=1S/C21H22N4O3/c1-27-18-8-6-15(7-9-18)10-12-22-19-11-13-23-21(25-19)24-17-5-3-4-16(14-17)20(26)28-2/h3-9,11,13-14H,10,12H2,1-2H3,(H2,22,23,24,25). The van der Waals surface area contributed by atoms with Crippen LogP contribution < -0.4 is 15.4 Å². The number of hydrogen-bond donors (Lipinski definition) is 2. The Labute approximate surface area is 163 Å². The molecule has 2 aromatic carbocycles. The monoisotopic (exact) mass is 378 g/mol. The number of nitrogens with zero attached hydrogens (tertiary/aromatic N) is 2. The first-order valence-electron chi connectivity index (χ1n) is 8.83. The number of nitrogens with one attached hydrogen (secondary N) is 2. The lowest BCUT2D eigenvalue weighted by atomic mass is 10.1. The lowest BCUT2D eigenvalue weighted by Crippen LogP contribution is -2.08. The molecule has 0 atom stereocenters. The molecule has 0 saturated heterocycles. The Hall–Kier alpha value is -3.61. The van der Waals surface area contributed by atoms with Crippen LogP contribution in [0.3, 0.4) is 0 Å². The van der Waals surface area contributed by atoms with Crippen LogP contribution in [0.2, 0.25) is 0 Å². The number of hydrogen-bond acceptors (Lipinski definition) is 7. The van der Waals surface area contributed by atoms with Gasteiger partial charge < -0.3 is 20.1 Å². The Kier molecular flexibility index (Phi) is 6.41. The van der Waals surface area contributed by atoms with Crippen LogP contribution in [0.5, 0.6) is 5.75 Å². The molecule has 1 heterocycles. The molecule has 28 heavy (non-hydrogen) atoms. The van der Waals surface area contributed by atoms with E-state index in [1.165, 1.54) is 12.7 Å². The van der Waals surface area contributed by atoms with Crippen molar-refractivity contribution < 1.29 is 14.3 Å². The van der Waals surface area contributed by atoms with Crippen molar-refractivity contribution in [3.05, 3.63) is 71.9 Å². The van der Waals surface area contributed by atoms with Gasteiger partial charge in [-0.3, -0.25) is 0 Å². The number of esters is 1. The third-order valence-electron chi connectivity index (χ3n) is 4.07. The number of methoxy groups -OCH3 is 2. The Morgan fingerprint density at radius 2 is 1.89 bits per heavy atom. The Balaban J connectivity index is 1.58. The van der Waals surface area contributed by atoms with Crippen molar-refractivity contribution in [1.82, 2.24) is 9.97 Å². The van der Waals surface area contributed by atoms with E-state index in [-0.39, 0.29) is 0 Å². The van der Waals surface area contributed by atoms with Crippen LogP contribution in [0.15, 0.2) is 60.8 Å². The number of ether oxygens (including phenoxy) is 2. The van der Waals surface area contributed by atoms with Gasteiger partial charge in [0.15, 0.2) is 0 Å². The van der Waals surface area contributed by atoms with Gasteiger partial charge in [-0.05, 0) is 48.4 Å². The number of carbonyl (C=O) groups excluding carboxylic acids is 1. The predicted octanol–water partition coefficient (Wildman–Crippen LogP) is 3.67. The summed E-state index contributed by atoms with van der Waals surface area (Å²) in [7, 11) is 3.01. The quantitative estimate of drug-likeness (QED) is 0.579. The first-order chi connectivity index (χ1) is 13.7. The second kappa shape index (κ2) is 9.36. The van der Waals surface area contributed by atoms with E-state index < -0.39 is 5.97 Å². The highest BCUT2D eigenvalue weighted by Crippen LogP contribution is 2.17. The van der Waals surface area contributed by atoms with E-state index in [9.17, 15) is 4.79 Å². The van der Waals surface area contributed by atoms with Crippen molar-refractivity contribution >= 4 is 23.4 Å². The molecule has 0 bridgehead atoms. The molecule has 3 rings (SSSR count). The van der Waals surface area contributed by atoms with Crippen LogP contribution in [0, 0.1) is 0 Å². The van der Waals surface area contributed by atoms with Gasteiger partial charge in [-0.2, -0.15) is 4.98 Å². The zero-order valence-corrected chi connectivity index (χ0v) is 15.8. The molecule has 0 spiro atoms. The summed E-state index contributed by atoms with van der Waals surface area (Å²) in [5, 5.41) is 6.39. The lowest BCUT2D eigenvalue weighted by molar-refractivity contribution is 0.0601. The molecule has 7 heteroatoms. The zero-order valence-electron chi connectivity index (χ0n) is 15.8. The molecule has 1 aromatic heterocycles. The summed E-state index contributed by atoms with van der Waals surface area (Å²) in [5.41, 5.74) is 2.37. The third-order valence-corrected chi connectivity index (χ3v) is 4.07. The summed E-state index contributed by atoms with van der Waals surface area (Å²) in [4.78, 5) is 20.3. The molecule has 0 amide bonds. The van der Waals surface area contributed by atoms with E-state index in [0.717, 1.165) is 24.5 Å². The highest BCUT2D eigenvalue weighted by molar-refractivity contribution is 5.90. The van der Waals surface area contributed by atoms with Gasteiger partial charge in [0.1, 0.15) is 11.6 Å². The van der Waals surface area contributed by atoms with Crippen molar-refractivity contribution in [3.8, 4) is 5.75 Å². The Morgan fingerprint density at radius 3 is 2.64 bits per heavy atom. The van der Waals surface area contributed by atoms with Crippen molar-refractivity contribution in [2.24, 2.45) is 0 Å². The van der Waals surface area contributed by atoms with E-state index in [4.69, 9.17) is 9.47 Å². The normalized spacial score (nSPS) is 10.2. The number of carbonyl (C=O) groups is 1. The van der Waals surface area contributed by atoms with Crippen LogP contribution in [-0.2, 0) is 11.2 Å². The minimum atomic E-state index is -0.390. The topological polar surface area (TPSA) is 85.4 Å². The molecular formula is C21H22N4O3. The second-order valence-electron chi connectivity index (χ2n) is 5.99. The number of rotatable bonds is 8. The Bertz CT molecular complexity index is 929. The van der Waals surface area contributed by atoms with Crippen LogP contribution in [0.1, 0.15) is 15.9 Å². The van der Waals surface area contributed by atoms with Gasteiger partial charge in [0.05, 0.1) is 19.8 Å². The minimum Gasteiger partial charge on any atom is -0.497 e. The molecule has 0 fully saturated rings. The van der Waals surface area contributed by atoms with Gasteiger partial charge in [0.25, 0.3) is 0 Å². The average Bonchev–Trinajstić information content (AvgIpc) is 2.74. The van der Waals surface area contributed by atoms with E-state index in [2.05, 4.69) is 20.6 Å². The maximum absolute atomic E-state index is 11.6. The SMILES string of the molecule is COC(=O)c1cccc(Nc2nccc(NCCc3ccc(OC)cc3)n2)c1. The maximum atomic E-state index is 11.6. The molecule has 0 unspecified atom stereocenters. The first kappa shape index (κ1) is 19.2. The van der Waals surface area contributed by atoms with Gasteiger partial charge >= 0.3 is 5.97 Å².